The van der Waals surface area contributed by atoms with Crippen LogP contribution in [0.3, 0.4) is 0 Å². The van der Waals surface area contributed by atoms with E-state index in [1.54, 1.807) is 12.0 Å². The van der Waals surface area contributed by atoms with Crippen LogP contribution >= 0.6 is 0 Å². The van der Waals surface area contributed by atoms with Crippen LogP contribution in [0.15, 0.2) is 0 Å². The Bertz CT molecular complexity index is 439. The lowest BCUT2D eigenvalue weighted by atomic mass is 9.70. The quantitative estimate of drug-likeness (QED) is 0.729. The van der Waals surface area contributed by atoms with Crippen molar-refractivity contribution in [3.8, 4) is 0 Å². The lowest BCUT2D eigenvalue weighted by molar-refractivity contribution is -0.157. The topological polar surface area (TPSA) is 55.8 Å². The van der Waals surface area contributed by atoms with Gasteiger partial charge in [0, 0.05) is 26.6 Å². The van der Waals surface area contributed by atoms with Crippen LogP contribution < -0.4 is 0 Å². The number of esters is 1. The third-order valence-electron chi connectivity index (χ3n) is 5.89. The minimum Gasteiger partial charge on any atom is -0.462 e. The molecule has 2 aliphatic carbocycles. The van der Waals surface area contributed by atoms with E-state index >= 15 is 0 Å². The summed E-state index contributed by atoms with van der Waals surface area (Å²) in [5.41, 5.74) is 0. The first-order valence-corrected chi connectivity index (χ1v) is 9.14. The molecule has 0 N–H and O–H groups in total. The summed E-state index contributed by atoms with van der Waals surface area (Å²) in [5.74, 6) is 1.19. The van der Waals surface area contributed by atoms with Crippen molar-refractivity contribution >= 4 is 11.9 Å². The van der Waals surface area contributed by atoms with Crippen molar-refractivity contribution in [3.63, 3.8) is 0 Å². The SMILES string of the molecule is COCCN1C[C@H](C(=O)O[C@@H]2CC[C@@H]3CCCC[C@H]3C2)CC1=O. The summed E-state index contributed by atoms with van der Waals surface area (Å²) in [6, 6.07) is 0. The molecule has 3 aliphatic rings. The van der Waals surface area contributed by atoms with E-state index in [1.807, 2.05) is 0 Å². The van der Waals surface area contributed by atoms with E-state index in [2.05, 4.69) is 0 Å². The van der Waals surface area contributed by atoms with Crippen LogP contribution in [0.5, 0.6) is 0 Å². The summed E-state index contributed by atoms with van der Waals surface area (Å²) in [7, 11) is 1.62. The summed E-state index contributed by atoms with van der Waals surface area (Å²) in [6.45, 7) is 1.56. The molecule has 0 radical (unpaired) electrons. The van der Waals surface area contributed by atoms with Crippen LogP contribution in [0, 0.1) is 17.8 Å². The Morgan fingerprint density at radius 1 is 1.17 bits per heavy atom. The highest BCUT2D eigenvalue weighted by molar-refractivity contribution is 5.86. The average molecular weight is 323 g/mol. The number of fused-ring (bicyclic) bond motifs is 1. The van der Waals surface area contributed by atoms with Crippen LogP contribution in [0.4, 0.5) is 0 Å². The van der Waals surface area contributed by atoms with Crippen molar-refractivity contribution in [2.75, 3.05) is 26.8 Å². The molecule has 0 bridgehead atoms. The third kappa shape index (κ3) is 4.06. The number of methoxy groups -OCH3 is 1. The Morgan fingerprint density at radius 3 is 2.74 bits per heavy atom. The predicted octanol–water partition coefficient (Wildman–Crippen LogP) is 2.38. The summed E-state index contributed by atoms with van der Waals surface area (Å²) >= 11 is 0. The molecule has 0 unspecified atom stereocenters. The standard InChI is InChI=1S/C18H29NO4/c1-22-9-8-19-12-15(11-17(19)20)18(21)23-16-7-6-13-4-2-3-5-14(13)10-16/h13-16H,2-12H2,1H3/t13-,14-,15+,16+/m0/s1. The zero-order valence-electron chi connectivity index (χ0n) is 14.2. The van der Waals surface area contributed by atoms with Crippen LogP contribution in [0.25, 0.3) is 0 Å². The first-order chi connectivity index (χ1) is 11.2. The highest BCUT2D eigenvalue weighted by Crippen LogP contribution is 2.41. The van der Waals surface area contributed by atoms with Crippen molar-refractivity contribution in [1.29, 1.82) is 0 Å². The Hall–Kier alpha value is -1.10. The maximum absolute atomic E-state index is 12.4. The molecular formula is C18H29NO4. The van der Waals surface area contributed by atoms with Crippen molar-refractivity contribution in [3.05, 3.63) is 0 Å². The van der Waals surface area contributed by atoms with E-state index in [-0.39, 0.29) is 23.9 Å². The summed E-state index contributed by atoms with van der Waals surface area (Å²) in [4.78, 5) is 26.1. The molecule has 1 aliphatic heterocycles. The molecule has 2 saturated carbocycles. The normalized spacial score (nSPS) is 34.3. The van der Waals surface area contributed by atoms with Crippen LogP contribution in [-0.4, -0.2) is 49.7 Å². The second-order valence-corrected chi connectivity index (χ2v) is 7.41. The monoisotopic (exact) mass is 323 g/mol. The van der Waals surface area contributed by atoms with Gasteiger partial charge < -0.3 is 14.4 Å². The number of hydrogen-bond acceptors (Lipinski definition) is 4. The molecule has 0 aromatic rings. The number of hydrogen-bond donors (Lipinski definition) is 0. The third-order valence-corrected chi connectivity index (χ3v) is 5.89. The maximum Gasteiger partial charge on any atom is 0.311 e. The summed E-state index contributed by atoms with van der Waals surface area (Å²) < 4.78 is 10.8. The molecule has 5 nitrogen and oxygen atoms in total. The second-order valence-electron chi connectivity index (χ2n) is 7.41. The van der Waals surface area contributed by atoms with E-state index in [0.717, 1.165) is 24.7 Å². The highest BCUT2D eigenvalue weighted by Gasteiger charge is 2.38. The Labute approximate surface area is 138 Å². The van der Waals surface area contributed by atoms with Crippen molar-refractivity contribution in [1.82, 2.24) is 4.90 Å². The first-order valence-electron chi connectivity index (χ1n) is 9.14. The average Bonchev–Trinajstić information content (AvgIpc) is 2.94. The molecule has 1 saturated heterocycles. The van der Waals surface area contributed by atoms with Gasteiger partial charge in [-0.25, -0.2) is 0 Å². The van der Waals surface area contributed by atoms with Gasteiger partial charge in [-0.1, -0.05) is 25.7 Å². The number of likely N-dealkylation sites (tertiary alicyclic amines) is 1. The van der Waals surface area contributed by atoms with Crippen molar-refractivity contribution in [2.24, 2.45) is 17.8 Å². The number of nitrogens with zero attached hydrogens (tertiary/aromatic N) is 1. The zero-order valence-corrected chi connectivity index (χ0v) is 14.2. The molecular weight excluding hydrogens is 294 g/mol. The number of ether oxygens (including phenoxy) is 2. The van der Waals surface area contributed by atoms with E-state index in [4.69, 9.17) is 9.47 Å². The Balaban J connectivity index is 1.47. The minimum atomic E-state index is -0.288. The van der Waals surface area contributed by atoms with Gasteiger partial charge in [-0.05, 0) is 31.1 Å². The molecule has 4 atom stereocenters. The van der Waals surface area contributed by atoms with Crippen molar-refractivity contribution < 1.29 is 19.1 Å². The fourth-order valence-electron chi connectivity index (χ4n) is 4.55. The minimum absolute atomic E-state index is 0.0417. The summed E-state index contributed by atoms with van der Waals surface area (Å²) in [5, 5.41) is 0. The van der Waals surface area contributed by atoms with Crippen LogP contribution in [0.1, 0.15) is 51.4 Å². The van der Waals surface area contributed by atoms with Gasteiger partial charge in [0.15, 0.2) is 0 Å². The summed E-state index contributed by atoms with van der Waals surface area (Å²) in [6.07, 6.45) is 8.95. The highest BCUT2D eigenvalue weighted by atomic mass is 16.5. The molecule has 3 fully saturated rings. The van der Waals surface area contributed by atoms with Gasteiger partial charge in [-0.3, -0.25) is 9.59 Å². The van der Waals surface area contributed by atoms with Crippen LogP contribution in [0.2, 0.25) is 0 Å². The molecule has 0 aromatic heterocycles. The van der Waals surface area contributed by atoms with Gasteiger partial charge in [0.25, 0.3) is 0 Å². The smallest absolute Gasteiger partial charge is 0.311 e. The van der Waals surface area contributed by atoms with Gasteiger partial charge in [-0.2, -0.15) is 0 Å². The number of rotatable bonds is 5. The van der Waals surface area contributed by atoms with Gasteiger partial charge in [-0.15, -0.1) is 0 Å². The maximum atomic E-state index is 12.4. The molecule has 1 heterocycles. The Morgan fingerprint density at radius 2 is 1.96 bits per heavy atom. The lowest BCUT2D eigenvalue weighted by Gasteiger charge is -2.39. The molecule has 5 heteroatoms. The van der Waals surface area contributed by atoms with E-state index in [9.17, 15) is 9.59 Å². The number of amides is 1. The number of carbonyl (C=O) groups is 2. The Kier molecular flexibility index (Phi) is 5.57. The van der Waals surface area contributed by atoms with E-state index in [0.29, 0.717) is 26.1 Å². The van der Waals surface area contributed by atoms with E-state index < -0.39 is 0 Å². The second kappa shape index (κ2) is 7.65. The molecule has 0 spiro atoms. The van der Waals surface area contributed by atoms with Gasteiger partial charge >= 0.3 is 5.97 Å². The molecule has 23 heavy (non-hydrogen) atoms. The van der Waals surface area contributed by atoms with Crippen LogP contribution in [-0.2, 0) is 19.1 Å². The van der Waals surface area contributed by atoms with Gasteiger partial charge in [0.1, 0.15) is 6.10 Å². The fourth-order valence-corrected chi connectivity index (χ4v) is 4.55. The molecule has 130 valence electrons. The molecule has 0 aromatic carbocycles. The molecule has 3 rings (SSSR count). The predicted molar refractivity (Wildman–Crippen MR) is 85.7 cm³/mol. The number of carbonyl (C=O) groups excluding carboxylic acids is 2. The van der Waals surface area contributed by atoms with Gasteiger partial charge in [0.05, 0.1) is 12.5 Å². The zero-order chi connectivity index (χ0) is 16.2. The van der Waals surface area contributed by atoms with Gasteiger partial charge in [0.2, 0.25) is 5.91 Å². The largest absolute Gasteiger partial charge is 0.462 e. The fraction of sp³-hybridized carbons (Fsp3) is 0.889. The van der Waals surface area contributed by atoms with Crippen molar-refractivity contribution in [2.45, 2.75) is 57.5 Å². The molecule has 1 amide bonds. The first kappa shape index (κ1) is 16.7. The lowest BCUT2D eigenvalue weighted by Crippen LogP contribution is -2.35. The van der Waals surface area contributed by atoms with E-state index in [1.165, 1.54) is 32.1 Å².